The summed E-state index contributed by atoms with van der Waals surface area (Å²) in [7, 11) is 1.60. The van der Waals surface area contributed by atoms with Gasteiger partial charge in [0.2, 0.25) is 11.6 Å². The van der Waals surface area contributed by atoms with Crippen LogP contribution >= 0.6 is 11.6 Å². The zero-order chi connectivity index (χ0) is 32.4. The van der Waals surface area contributed by atoms with Crippen molar-refractivity contribution in [3.8, 4) is 28.8 Å². The van der Waals surface area contributed by atoms with Gasteiger partial charge in [-0.1, -0.05) is 37.6 Å². The Balaban J connectivity index is 1.63. The molecule has 3 aromatic carbocycles. The SMILES string of the molecule is COc1cc(C)c(-c2nc3ccccc3c(=O)n2N=Cc2cc(Cl)c(Oc3ccc([N+](=O)[O-])cn3)c([N+](=O)[O-])c2)cc1C(C)C. The van der Waals surface area contributed by atoms with Crippen molar-refractivity contribution in [2.75, 3.05) is 7.11 Å². The molecule has 0 bridgehead atoms. The van der Waals surface area contributed by atoms with Crippen molar-refractivity contribution in [3.05, 3.63) is 119 Å². The average molecular weight is 629 g/mol. The van der Waals surface area contributed by atoms with E-state index in [0.29, 0.717) is 22.2 Å². The number of rotatable bonds is 9. The lowest BCUT2D eigenvalue weighted by Crippen LogP contribution is -2.20. The minimum absolute atomic E-state index is 0.105. The Labute approximate surface area is 260 Å². The quantitative estimate of drug-likeness (QED) is 0.0944. The fourth-order valence-electron chi connectivity index (χ4n) is 4.65. The summed E-state index contributed by atoms with van der Waals surface area (Å²) in [6.45, 7) is 5.93. The Morgan fingerprint density at radius 2 is 1.80 bits per heavy atom. The third-order valence-electron chi connectivity index (χ3n) is 6.90. The minimum atomic E-state index is -0.701. The molecule has 0 aliphatic heterocycles. The monoisotopic (exact) mass is 628 g/mol. The van der Waals surface area contributed by atoms with E-state index in [1.54, 1.807) is 31.4 Å². The molecule has 0 amide bonds. The molecule has 13 nitrogen and oxygen atoms in total. The van der Waals surface area contributed by atoms with Crippen molar-refractivity contribution in [2.45, 2.75) is 26.7 Å². The molecule has 0 spiro atoms. The van der Waals surface area contributed by atoms with E-state index < -0.39 is 21.1 Å². The van der Waals surface area contributed by atoms with Gasteiger partial charge in [-0.3, -0.25) is 25.0 Å². The molecule has 0 aliphatic rings. The number of hydrogen-bond donors (Lipinski definition) is 0. The second kappa shape index (κ2) is 12.5. The maximum Gasteiger partial charge on any atom is 0.313 e. The van der Waals surface area contributed by atoms with E-state index in [4.69, 9.17) is 26.1 Å². The van der Waals surface area contributed by atoms with Crippen LogP contribution in [0.15, 0.2) is 76.8 Å². The highest BCUT2D eigenvalue weighted by Gasteiger charge is 2.23. The number of halogens is 1. The normalized spacial score (nSPS) is 11.3. The average Bonchev–Trinajstić information content (AvgIpc) is 3.01. The Morgan fingerprint density at radius 3 is 2.44 bits per heavy atom. The number of fused-ring (bicyclic) bond motifs is 1. The Bertz CT molecular complexity index is 2060. The number of aromatic nitrogens is 3. The Hall–Kier alpha value is -5.69. The van der Waals surface area contributed by atoms with Gasteiger partial charge in [-0.05, 0) is 54.3 Å². The van der Waals surface area contributed by atoms with Crippen LogP contribution in [0.2, 0.25) is 5.02 Å². The van der Waals surface area contributed by atoms with Gasteiger partial charge in [0.15, 0.2) is 5.82 Å². The Kier molecular flexibility index (Phi) is 8.55. The van der Waals surface area contributed by atoms with Gasteiger partial charge in [0.05, 0.1) is 39.1 Å². The molecule has 0 unspecified atom stereocenters. The highest BCUT2D eigenvalue weighted by atomic mass is 35.5. The summed E-state index contributed by atoms with van der Waals surface area (Å²) >= 11 is 6.41. The highest BCUT2D eigenvalue weighted by molar-refractivity contribution is 6.32. The van der Waals surface area contributed by atoms with Crippen molar-refractivity contribution in [1.82, 2.24) is 14.6 Å². The van der Waals surface area contributed by atoms with E-state index in [9.17, 15) is 25.0 Å². The number of nitrogens with zero attached hydrogens (tertiary/aromatic N) is 6. The van der Waals surface area contributed by atoms with E-state index in [2.05, 4.69) is 10.1 Å². The fraction of sp³-hybridized carbons (Fsp3) is 0.161. The minimum Gasteiger partial charge on any atom is -0.496 e. The van der Waals surface area contributed by atoms with Crippen LogP contribution in [0.4, 0.5) is 11.4 Å². The molecule has 0 saturated heterocycles. The van der Waals surface area contributed by atoms with Crippen LogP contribution < -0.4 is 15.0 Å². The predicted octanol–water partition coefficient (Wildman–Crippen LogP) is 7.04. The summed E-state index contributed by atoms with van der Waals surface area (Å²) < 4.78 is 12.3. The molecular weight excluding hydrogens is 604 g/mol. The van der Waals surface area contributed by atoms with Gasteiger partial charge in [0, 0.05) is 29.3 Å². The van der Waals surface area contributed by atoms with Crippen molar-refractivity contribution in [2.24, 2.45) is 5.10 Å². The number of nitro benzene ring substituents is 1. The van der Waals surface area contributed by atoms with Crippen LogP contribution in [0.1, 0.15) is 36.5 Å². The molecule has 0 N–H and O–H groups in total. The largest absolute Gasteiger partial charge is 0.496 e. The number of para-hydroxylation sites is 1. The highest BCUT2D eigenvalue weighted by Crippen LogP contribution is 2.39. The molecule has 0 radical (unpaired) electrons. The molecule has 5 rings (SSSR count). The summed E-state index contributed by atoms with van der Waals surface area (Å²) in [5, 5.41) is 27.5. The van der Waals surface area contributed by atoms with E-state index in [0.717, 1.165) is 28.1 Å². The van der Waals surface area contributed by atoms with Crippen LogP contribution in [0.25, 0.3) is 22.3 Å². The zero-order valence-corrected chi connectivity index (χ0v) is 25.2. The molecule has 0 aliphatic carbocycles. The summed E-state index contributed by atoms with van der Waals surface area (Å²) in [5.74, 6) is 0.619. The van der Waals surface area contributed by atoms with Gasteiger partial charge in [0.1, 0.15) is 11.9 Å². The lowest BCUT2D eigenvalue weighted by molar-refractivity contribution is -0.385. The molecule has 14 heteroatoms. The third-order valence-corrected chi connectivity index (χ3v) is 7.18. The van der Waals surface area contributed by atoms with E-state index in [1.165, 1.54) is 24.4 Å². The molecule has 5 aromatic rings. The summed E-state index contributed by atoms with van der Waals surface area (Å²) in [4.78, 5) is 43.9. The van der Waals surface area contributed by atoms with Crippen LogP contribution in [-0.4, -0.2) is 37.8 Å². The summed E-state index contributed by atoms with van der Waals surface area (Å²) in [6.07, 6.45) is 2.22. The first-order valence-electron chi connectivity index (χ1n) is 13.5. The van der Waals surface area contributed by atoms with Crippen molar-refractivity contribution < 1.29 is 19.3 Å². The standard InChI is InChI=1S/C31H25ClN6O7/c1-17(2)22-14-23(18(3)11-27(22)44-4)30-35-25-8-6-5-7-21(25)31(39)36(30)34-15-19-12-24(32)29(26(13-19)38(42)43)45-28-10-9-20(16-33-28)37(40)41/h5-17H,1-4H3. The predicted molar refractivity (Wildman–Crippen MR) is 169 cm³/mol. The van der Waals surface area contributed by atoms with Crippen molar-refractivity contribution in [1.29, 1.82) is 0 Å². The van der Waals surface area contributed by atoms with E-state index in [-0.39, 0.29) is 39.6 Å². The Morgan fingerprint density at radius 1 is 1.04 bits per heavy atom. The van der Waals surface area contributed by atoms with Gasteiger partial charge in [-0.2, -0.15) is 9.78 Å². The first kappa shape index (κ1) is 30.8. The van der Waals surface area contributed by atoms with Gasteiger partial charge in [0.25, 0.3) is 11.2 Å². The van der Waals surface area contributed by atoms with Gasteiger partial charge >= 0.3 is 5.69 Å². The lowest BCUT2D eigenvalue weighted by atomic mass is 9.96. The number of aryl methyl sites for hydroxylation is 1. The number of pyridine rings is 1. The number of methoxy groups -OCH3 is 1. The fourth-order valence-corrected chi connectivity index (χ4v) is 4.91. The molecule has 45 heavy (non-hydrogen) atoms. The second-order valence-corrected chi connectivity index (χ2v) is 10.6. The van der Waals surface area contributed by atoms with Crippen LogP contribution in [-0.2, 0) is 0 Å². The van der Waals surface area contributed by atoms with Crippen LogP contribution in [0.5, 0.6) is 17.4 Å². The molecule has 0 atom stereocenters. The second-order valence-electron chi connectivity index (χ2n) is 10.2. The van der Waals surface area contributed by atoms with Crippen LogP contribution in [0, 0.1) is 27.2 Å². The van der Waals surface area contributed by atoms with Crippen LogP contribution in [0.3, 0.4) is 0 Å². The van der Waals surface area contributed by atoms with Gasteiger partial charge in [-0.15, -0.1) is 0 Å². The number of nitro groups is 2. The number of ether oxygens (including phenoxy) is 2. The maximum absolute atomic E-state index is 13.7. The maximum atomic E-state index is 13.7. The molecule has 2 heterocycles. The first-order chi connectivity index (χ1) is 21.5. The topological polar surface area (TPSA) is 165 Å². The smallest absolute Gasteiger partial charge is 0.313 e. The zero-order valence-electron chi connectivity index (χ0n) is 24.4. The molecule has 0 saturated carbocycles. The van der Waals surface area contributed by atoms with E-state index >= 15 is 0 Å². The van der Waals surface area contributed by atoms with E-state index in [1.807, 2.05) is 32.9 Å². The van der Waals surface area contributed by atoms with Gasteiger partial charge in [-0.25, -0.2) is 9.97 Å². The summed E-state index contributed by atoms with van der Waals surface area (Å²) in [6, 6.07) is 15.5. The third kappa shape index (κ3) is 6.19. The molecular formula is C31H25ClN6O7. The van der Waals surface area contributed by atoms with Crippen molar-refractivity contribution >= 4 is 40.1 Å². The first-order valence-corrected chi connectivity index (χ1v) is 13.9. The summed E-state index contributed by atoms with van der Waals surface area (Å²) in [5.41, 5.74) is 1.79. The molecule has 2 aromatic heterocycles. The molecule has 0 fully saturated rings. The van der Waals surface area contributed by atoms with Crippen molar-refractivity contribution in [3.63, 3.8) is 0 Å². The number of benzene rings is 3. The lowest BCUT2D eigenvalue weighted by Gasteiger charge is -2.17. The molecule has 228 valence electrons. The number of hydrogen-bond acceptors (Lipinski definition) is 10. The van der Waals surface area contributed by atoms with Gasteiger partial charge < -0.3 is 9.47 Å².